The molecule has 0 fully saturated rings. The highest BCUT2D eigenvalue weighted by molar-refractivity contribution is 6.29. The molecule has 0 saturated carbocycles. The molecular formula is C22H16. The summed E-state index contributed by atoms with van der Waals surface area (Å²) in [5, 5.41) is 11.0. The molecule has 0 heteroatoms. The fourth-order valence-corrected chi connectivity index (χ4v) is 3.92. The van der Waals surface area contributed by atoms with Crippen LogP contribution < -0.4 is 0 Å². The van der Waals surface area contributed by atoms with Crippen molar-refractivity contribution < 1.29 is 0 Å². The van der Waals surface area contributed by atoms with E-state index in [-0.39, 0.29) is 0 Å². The van der Waals surface area contributed by atoms with Gasteiger partial charge in [0.1, 0.15) is 0 Å². The first-order chi connectivity index (χ1) is 10.7. The summed E-state index contributed by atoms with van der Waals surface area (Å²) in [5.41, 5.74) is 2.77. The average molecular weight is 280 g/mol. The maximum atomic E-state index is 2.33. The van der Waals surface area contributed by atoms with Crippen molar-refractivity contribution in [2.45, 2.75) is 13.8 Å². The molecule has 0 aromatic heterocycles. The summed E-state index contributed by atoms with van der Waals surface area (Å²) in [4.78, 5) is 0. The molecule has 0 amide bonds. The Hall–Kier alpha value is -2.60. The van der Waals surface area contributed by atoms with E-state index in [1.165, 1.54) is 54.2 Å². The lowest BCUT2D eigenvalue weighted by Gasteiger charge is -2.15. The normalized spacial score (nSPS) is 12.1. The highest BCUT2D eigenvalue weighted by Crippen LogP contribution is 2.40. The SMILES string of the molecule is Cc1cc2ccc3cc4ccccc4c4ccc(c1C)c2c34. The fraction of sp³-hybridized carbons (Fsp3) is 0.0909. The summed E-state index contributed by atoms with van der Waals surface area (Å²) in [6.45, 7) is 4.44. The molecule has 0 saturated heterocycles. The largest absolute Gasteiger partial charge is 0.0616 e. The van der Waals surface area contributed by atoms with Crippen LogP contribution in [0.15, 0.2) is 60.7 Å². The smallest absolute Gasteiger partial charge is 0.00202 e. The zero-order valence-electron chi connectivity index (χ0n) is 12.8. The molecule has 0 atom stereocenters. The molecule has 5 aromatic rings. The summed E-state index contributed by atoms with van der Waals surface area (Å²) in [6, 6.07) is 22.5. The first-order valence-electron chi connectivity index (χ1n) is 7.80. The molecule has 5 aromatic carbocycles. The van der Waals surface area contributed by atoms with Crippen LogP contribution in [0.25, 0.3) is 43.1 Å². The van der Waals surface area contributed by atoms with Crippen molar-refractivity contribution in [1.29, 1.82) is 0 Å². The number of fused-ring (bicyclic) bond motifs is 2. The van der Waals surface area contributed by atoms with E-state index >= 15 is 0 Å². The summed E-state index contributed by atoms with van der Waals surface area (Å²) in [7, 11) is 0. The zero-order valence-corrected chi connectivity index (χ0v) is 12.8. The number of hydrogen-bond donors (Lipinski definition) is 0. The van der Waals surface area contributed by atoms with Crippen molar-refractivity contribution in [3.8, 4) is 0 Å². The van der Waals surface area contributed by atoms with Gasteiger partial charge in [-0.2, -0.15) is 0 Å². The Morgan fingerprint density at radius 2 is 1.23 bits per heavy atom. The summed E-state index contributed by atoms with van der Waals surface area (Å²) < 4.78 is 0. The van der Waals surface area contributed by atoms with E-state index in [4.69, 9.17) is 0 Å². The van der Waals surface area contributed by atoms with Crippen LogP contribution in [-0.4, -0.2) is 0 Å². The second-order valence-corrected chi connectivity index (χ2v) is 6.34. The maximum Gasteiger partial charge on any atom is -0.00202 e. The molecule has 0 aliphatic rings. The molecule has 0 radical (unpaired) electrons. The van der Waals surface area contributed by atoms with Gasteiger partial charge in [0.05, 0.1) is 0 Å². The number of hydrogen-bond acceptors (Lipinski definition) is 0. The predicted octanol–water partition coefficient (Wildman–Crippen LogP) is 6.35. The molecule has 0 heterocycles. The lowest BCUT2D eigenvalue weighted by molar-refractivity contribution is 1.39. The standard InChI is InChI=1S/C22H16/c1-13-11-16-7-8-17-12-15-5-3-4-6-19(15)20-10-9-18(14(13)2)21(16)22(17)20/h3-12H,1-2H3. The van der Waals surface area contributed by atoms with E-state index in [0.717, 1.165) is 0 Å². The van der Waals surface area contributed by atoms with Gasteiger partial charge in [-0.1, -0.05) is 54.6 Å². The first-order valence-corrected chi connectivity index (χ1v) is 7.80. The van der Waals surface area contributed by atoms with Gasteiger partial charge in [0.25, 0.3) is 0 Å². The van der Waals surface area contributed by atoms with Crippen LogP contribution in [0.3, 0.4) is 0 Å². The number of rotatable bonds is 0. The molecule has 0 N–H and O–H groups in total. The van der Waals surface area contributed by atoms with Gasteiger partial charge in [-0.15, -0.1) is 0 Å². The van der Waals surface area contributed by atoms with Crippen molar-refractivity contribution in [2.75, 3.05) is 0 Å². The molecule has 104 valence electrons. The molecule has 22 heavy (non-hydrogen) atoms. The van der Waals surface area contributed by atoms with Gasteiger partial charge < -0.3 is 0 Å². The van der Waals surface area contributed by atoms with Gasteiger partial charge in [-0.3, -0.25) is 0 Å². The molecule has 0 nitrogen and oxygen atoms in total. The highest BCUT2D eigenvalue weighted by atomic mass is 14.2. The van der Waals surface area contributed by atoms with E-state index in [2.05, 4.69) is 74.5 Å². The minimum Gasteiger partial charge on any atom is -0.0616 e. The first kappa shape index (κ1) is 12.0. The third kappa shape index (κ3) is 1.37. The summed E-state index contributed by atoms with van der Waals surface area (Å²) >= 11 is 0. The minimum absolute atomic E-state index is 1.32. The lowest BCUT2D eigenvalue weighted by atomic mass is 9.88. The van der Waals surface area contributed by atoms with Crippen molar-refractivity contribution in [1.82, 2.24) is 0 Å². The monoisotopic (exact) mass is 280 g/mol. The van der Waals surface area contributed by atoms with Crippen molar-refractivity contribution >= 4 is 43.1 Å². The molecule has 0 bridgehead atoms. The Balaban J connectivity index is 2.19. The third-order valence-electron chi connectivity index (χ3n) is 5.15. The summed E-state index contributed by atoms with van der Waals surface area (Å²) in [5.74, 6) is 0. The number of benzene rings is 5. The second kappa shape index (κ2) is 3.98. The zero-order chi connectivity index (χ0) is 14.8. The van der Waals surface area contributed by atoms with Gasteiger partial charge >= 0.3 is 0 Å². The Labute approximate surface area is 129 Å². The van der Waals surface area contributed by atoms with Crippen LogP contribution in [0, 0.1) is 13.8 Å². The van der Waals surface area contributed by atoms with E-state index in [0.29, 0.717) is 0 Å². The van der Waals surface area contributed by atoms with Gasteiger partial charge in [0.2, 0.25) is 0 Å². The quantitative estimate of drug-likeness (QED) is 0.229. The van der Waals surface area contributed by atoms with Gasteiger partial charge in [0.15, 0.2) is 0 Å². The average Bonchev–Trinajstić information content (AvgIpc) is 2.55. The topological polar surface area (TPSA) is 0 Å². The van der Waals surface area contributed by atoms with Gasteiger partial charge in [-0.25, -0.2) is 0 Å². The van der Waals surface area contributed by atoms with E-state index < -0.39 is 0 Å². The van der Waals surface area contributed by atoms with Crippen LogP contribution >= 0.6 is 0 Å². The van der Waals surface area contributed by atoms with Crippen LogP contribution in [-0.2, 0) is 0 Å². The van der Waals surface area contributed by atoms with Crippen molar-refractivity contribution in [3.63, 3.8) is 0 Å². The van der Waals surface area contributed by atoms with E-state index in [1.54, 1.807) is 0 Å². The van der Waals surface area contributed by atoms with Crippen molar-refractivity contribution in [2.24, 2.45) is 0 Å². The molecule has 0 unspecified atom stereocenters. The fourth-order valence-electron chi connectivity index (χ4n) is 3.92. The predicted molar refractivity (Wildman–Crippen MR) is 97.1 cm³/mol. The van der Waals surface area contributed by atoms with E-state index in [1.807, 2.05) is 0 Å². The third-order valence-corrected chi connectivity index (χ3v) is 5.15. The molecule has 0 aliphatic carbocycles. The second-order valence-electron chi connectivity index (χ2n) is 6.34. The maximum absolute atomic E-state index is 2.33. The minimum atomic E-state index is 1.32. The van der Waals surface area contributed by atoms with Gasteiger partial charge in [0, 0.05) is 0 Å². The summed E-state index contributed by atoms with van der Waals surface area (Å²) in [6.07, 6.45) is 0. The van der Waals surface area contributed by atoms with Crippen LogP contribution in [0.1, 0.15) is 11.1 Å². The number of aryl methyl sites for hydroxylation is 2. The Kier molecular flexibility index (Phi) is 2.17. The molecule has 0 aliphatic heterocycles. The van der Waals surface area contributed by atoms with Crippen LogP contribution in [0.2, 0.25) is 0 Å². The molecule has 5 rings (SSSR count). The Morgan fingerprint density at radius 1 is 0.545 bits per heavy atom. The van der Waals surface area contributed by atoms with E-state index in [9.17, 15) is 0 Å². The molecular weight excluding hydrogens is 264 g/mol. The van der Waals surface area contributed by atoms with Gasteiger partial charge in [-0.05, 0) is 74.1 Å². The van der Waals surface area contributed by atoms with Crippen LogP contribution in [0.4, 0.5) is 0 Å². The highest BCUT2D eigenvalue weighted by Gasteiger charge is 2.12. The molecule has 0 spiro atoms. The van der Waals surface area contributed by atoms with Crippen molar-refractivity contribution in [3.05, 3.63) is 71.8 Å². The Bertz CT molecular complexity index is 1180. The Morgan fingerprint density at radius 3 is 2.09 bits per heavy atom. The lowest BCUT2D eigenvalue weighted by Crippen LogP contribution is -1.90. The van der Waals surface area contributed by atoms with Crippen LogP contribution in [0.5, 0.6) is 0 Å².